The zero-order chi connectivity index (χ0) is 22.5. The van der Waals surface area contributed by atoms with Crippen molar-refractivity contribution in [2.24, 2.45) is 0 Å². The zero-order valence-corrected chi connectivity index (χ0v) is 19.1. The number of carbonyl (C=O) groups is 3. The van der Waals surface area contributed by atoms with Gasteiger partial charge in [0.05, 0.1) is 16.7 Å². The number of ether oxygens (including phenoxy) is 2. The summed E-state index contributed by atoms with van der Waals surface area (Å²) in [5, 5.41) is 11.5. The second-order valence-electron chi connectivity index (χ2n) is 6.81. The predicted octanol–water partition coefficient (Wildman–Crippen LogP) is 3.55. The smallest absolute Gasteiger partial charge is 0.341 e. The Morgan fingerprint density at radius 1 is 1.23 bits per heavy atom. The van der Waals surface area contributed by atoms with Gasteiger partial charge in [-0.2, -0.15) is 0 Å². The molecule has 31 heavy (non-hydrogen) atoms. The monoisotopic (exact) mass is 536 g/mol. The van der Waals surface area contributed by atoms with Gasteiger partial charge in [0.2, 0.25) is 0 Å². The van der Waals surface area contributed by atoms with Crippen LogP contribution in [0.15, 0.2) is 42.1 Å². The Bertz CT molecular complexity index is 1070. The summed E-state index contributed by atoms with van der Waals surface area (Å²) in [6, 6.07) is 10.5. The van der Waals surface area contributed by atoms with Gasteiger partial charge in [0.15, 0.2) is 18.1 Å². The molecule has 1 aliphatic heterocycles. The molecule has 2 aromatic carbocycles. The third kappa shape index (κ3) is 5.54. The number of urea groups is 1. The first-order valence-electron chi connectivity index (χ1n) is 9.49. The highest BCUT2D eigenvalue weighted by Crippen LogP contribution is 2.35. The van der Waals surface area contributed by atoms with Gasteiger partial charge in [0, 0.05) is 0 Å². The SMILES string of the molecule is CCOc1cc(/C=C2/NC(=O)N(Cc3cccc(C)c3)C2=O)cc(I)c1OCC(=O)O. The van der Waals surface area contributed by atoms with E-state index >= 15 is 0 Å². The normalized spacial score (nSPS) is 14.7. The summed E-state index contributed by atoms with van der Waals surface area (Å²) in [6.45, 7) is 3.76. The number of nitrogens with one attached hydrogen (secondary N) is 1. The van der Waals surface area contributed by atoms with E-state index in [1.165, 1.54) is 0 Å². The molecule has 2 aromatic rings. The number of halogens is 1. The molecule has 1 heterocycles. The number of hydrogen-bond acceptors (Lipinski definition) is 5. The van der Waals surface area contributed by atoms with Crippen molar-refractivity contribution in [2.45, 2.75) is 20.4 Å². The number of rotatable bonds is 8. The lowest BCUT2D eigenvalue weighted by Crippen LogP contribution is -2.30. The van der Waals surface area contributed by atoms with Crippen LogP contribution in [0, 0.1) is 10.5 Å². The van der Waals surface area contributed by atoms with Crippen molar-refractivity contribution in [2.75, 3.05) is 13.2 Å². The fourth-order valence-corrected chi connectivity index (χ4v) is 3.86. The molecular weight excluding hydrogens is 515 g/mol. The Kier molecular flexibility index (Phi) is 7.16. The molecule has 0 aromatic heterocycles. The van der Waals surface area contributed by atoms with Crippen LogP contribution in [-0.2, 0) is 16.1 Å². The lowest BCUT2D eigenvalue weighted by molar-refractivity contribution is -0.139. The average Bonchev–Trinajstić information content (AvgIpc) is 2.95. The predicted molar refractivity (Wildman–Crippen MR) is 122 cm³/mol. The Morgan fingerprint density at radius 3 is 2.68 bits per heavy atom. The van der Waals surface area contributed by atoms with E-state index in [4.69, 9.17) is 14.6 Å². The molecule has 0 spiro atoms. The summed E-state index contributed by atoms with van der Waals surface area (Å²) in [4.78, 5) is 37.2. The molecule has 3 amide bonds. The molecule has 0 aliphatic carbocycles. The number of carboxylic acids is 1. The highest BCUT2D eigenvalue weighted by atomic mass is 127. The van der Waals surface area contributed by atoms with Crippen LogP contribution in [0.2, 0.25) is 0 Å². The maximum atomic E-state index is 12.8. The molecule has 0 radical (unpaired) electrons. The van der Waals surface area contributed by atoms with Gasteiger partial charge in [-0.1, -0.05) is 29.8 Å². The largest absolute Gasteiger partial charge is 0.490 e. The maximum absolute atomic E-state index is 12.8. The highest BCUT2D eigenvalue weighted by Gasteiger charge is 2.33. The third-order valence-corrected chi connectivity index (χ3v) is 5.17. The van der Waals surface area contributed by atoms with E-state index < -0.39 is 24.5 Å². The van der Waals surface area contributed by atoms with Gasteiger partial charge < -0.3 is 19.9 Å². The fourth-order valence-electron chi connectivity index (χ4n) is 3.08. The molecule has 8 nitrogen and oxygen atoms in total. The van der Waals surface area contributed by atoms with Crippen LogP contribution in [0.1, 0.15) is 23.6 Å². The number of hydrogen-bond donors (Lipinski definition) is 2. The molecule has 1 fully saturated rings. The number of benzene rings is 2. The molecule has 0 saturated carbocycles. The lowest BCUT2D eigenvalue weighted by Gasteiger charge is -2.14. The van der Waals surface area contributed by atoms with Crippen molar-refractivity contribution in [3.63, 3.8) is 0 Å². The first kappa shape index (κ1) is 22.6. The Balaban J connectivity index is 1.86. The molecule has 3 rings (SSSR count). The third-order valence-electron chi connectivity index (χ3n) is 4.37. The van der Waals surface area contributed by atoms with Gasteiger partial charge in [0.25, 0.3) is 5.91 Å². The molecule has 162 valence electrons. The van der Waals surface area contributed by atoms with Crippen molar-refractivity contribution in [1.82, 2.24) is 10.2 Å². The van der Waals surface area contributed by atoms with E-state index in [1.807, 2.05) is 53.8 Å². The summed E-state index contributed by atoms with van der Waals surface area (Å²) in [7, 11) is 0. The first-order chi connectivity index (χ1) is 14.8. The summed E-state index contributed by atoms with van der Waals surface area (Å²) >= 11 is 2.01. The van der Waals surface area contributed by atoms with E-state index in [-0.39, 0.29) is 12.2 Å². The number of imide groups is 1. The van der Waals surface area contributed by atoms with Gasteiger partial charge in [0.1, 0.15) is 5.70 Å². The molecular formula is C22H21IN2O6. The van der Waals surface area contributed by atoms with Gasteiger partial charge >= 0.3 is 12.0 Å². The van der Waals surface area contributed by atoms with Crippen LogP contribution >= 0.6 is 22.6 Å². The number of aliphatic carboxylic acids is 1. The minimum atomic E-state index is -1.10. The number of aryl methyl sites for hydroxylation is 1. The summed E-state index contributed by atoms with van der Waals surface area (Å²) < 4.78 is 11.5. The minimum absolute atomic E-state index is 0.148. The number of carboxylic acid groups (broad SMARTS) is 1. The maximum Gasteiger partial charge on any atom is 0.341 e. The van der Waals surface area contributed by atoms with Crippen LogP contribution < -0.4 is 14.8 Å². The average molecular weight is 536 g/mol. The first-order valence-corrected chi connectivity index (χ1v) is 10.6. The van der Waals surface area contributed by atoms with Gasteiger partial charge in [-0.05, 0) is 65.8 Å². The zero-order valence-electron chi connectivity index (χ0n) is 17.0. The van der Waals surface area contributed by atoms with E-state index in [0.717, 1.165) is 16.0 Å². The second-order valence-corrected chi connectivity index (χ2v) is 7.98. The molecule has 0 unspecified atom stereocenters. The lowest BCUT2D eigenvalue weighted by atomic mass is 10.1. The van der Waals surface area contributed by atoms with E-state index in [2.05, 4.69) is 5.32 Å². The van der Waals surface area contributed by atoms with Gasteiger partial charge in [-0.25, -0.2) is 9.59 Å². The van der Waals surface area contributed by atoms with E-state index in [9.17, 15) is 14.4 Å². The quantitative estimate of drug-likeness (QED) is 0.304. The molecule has 0 atom stereocenters. The summed E-state index contributed by atoms with van der Waals surface area (Å²) in [5.41, 5.74) is 2.66. The van der Waals surface area contributed by atoms with Gasteiger partial charge in [-0.3, -0.25) is 9.69 Å². The van der Waals surface area contributed by atoms with Crippen LogP contribution in [0.4, 0.5) is 4.79 Å². The van der Waals surface area contributed by atoms with Crippen LogP contribution in [0.3, 0.4) is 0 Å². The molecule has 2 N–H and O–H groups in total. The highest BCUT2D eigenvalue weighted by molar-refractivity contribution is 14.1. The summed E-state index contributed by atoms with van der Waals surface area (Å²) in [5.74, 6) is -0.853. The fraction of sp³-hybridized carbons (Fsp3) is 0.227. The number of amides is 3. The number of nitrogens with zero attached hydrogens (tertiary/aromatic N) is 1. The van der Waals surface area contributed by atoms with Crippen molar-refractivity contribution < 1.29 is 29.0 Å². The van der Waals surface area contributed by atoms with Crippen molar-refractivity contribution >= 4 is 46.6 Å². The molecule has 0 bridgehead atoms. The van der Waals surface area contributed by atoms with Crippen LogP contribution in [0.5, 0.6) is 11.5 Å². The van der Waals surface area contributed by atoms with E-state index in [1.54, 1.807) is 25.1 Å². The topological polar surface area (TPSA) is 105 Å². The van der Waals surface area contributed by atoms with E-state index in [0.29, 0.717) is 27.2 Å². The number of carbonyl (C=O) groups excluding carboxylic acids is 2. The summed E-state index contributed by atoms with van der Waals surface area (Å²) in [6.07, 6.45) is 1.56. The standard InChI is InChI=1S/C22H21IN2O6/c1-3-30-18-10-15(8-16(23)20(18)31-12-19(26)27)9-17-21(28)25(22(29)24-17)11-14-6-4-5-13(2)7-14/h4-10H,3,11-12H2,1-2H3,(H,24,29)(H,26,27)/b17-9+. The van der Waals surface area contributed by atoms with Crippen molar-refractivity contribution in [1.29, 1.82) is 0 Å². The molecule has 9 heteroatoms. The molecule has 1 saturated heterocycles. The minimum Gasteiger partial charge on any atom is -0.490 e. The molecule has 1 aliphatic rings. The second kappa shape index (κ2) is 9.82. The Hall–Kier alpha value is -3.08. The van der Waals surface area contributed by atoms with Gasteiger partial charge in [-0.15, -0.1) is 0 Å². The van der Waals surface area contributed by atoms with Crippen LogP contribution in [0.25, 0.3) is 6.08 Å². The van der Waals surface area contributed by atoms with Crippen molar-refractivity contribution in [3.05, 3.63) is 62.4 Å². The Labute approximate surface area is 193 Å². The van der Waals surface area contributed by atoms with Crippen molar-refractivity contribution in [3.8, 4) is 11.5 Å². The van der Waals surface area contributed by atoms with Crippen LogP contribution in [-0.4, -0.2) is 41.1 Å². The Morgan fingerprint density at radius 2 is 2.00 bits per heavy atom.